The van der Waals surface area contributed by atoms with Gasteiger partial charge in [-0.25, -0.2) is 8.42 Å². The Hall–Kier alpha value is -2.21. The Kier molecular flexibility index (Phi) is 4.64. The normalized spacial score (nSPS) is 14.8. The first-order valence-electron chi connectivity index (χ1n) is 8.54. The van der Waals surface area contributed by atoms with Gasteiger partial charge in [-0.05, 0) is 62.4 Å². The fraction of sp³-hybridized carbons (Fsp3) is 0.368. The van der Waals surface area contributed by atoms with Gasteiger partial charge in [-0.2, -0.15) is 0 Å². The van der Waals surface area contributed by atoms with Crippen molar-refractivity contribution in [3.8, 4) is 0 Å². The smallest absolute Gasteiger partial charge is 0.263 e. The number of rotatable bonds is 4. The fourth-order valence-electron chi connectivity index (χ4n) is 3.67. The predicted octanol–water partition coefficient (Wildman–Crippen LogP) is 3.60. The second kappa shape index (κ2) is 6.59. The molecule has 0 saturated carbocycles. The zero-order valence-corrected chi connectivity index (χ0v) is 15.8. The molecule has 25 heavy (non-hydrogen) atoms. The van der Waals surface area contributed by atoms with Gasteiger partial charge in [-0.1, -0.05) is 18.2 Å². The summed E-state index contributed by atoms with van der Waals surface area (Å²) in [5, 5.41) is 0. The Morgan fingerprint density at radius 3 is 2.32 bits per heavy atom. The molecule has 0 bridgehead atoms. The number of anilines is 3. The summed E-state index contributed by atoms with van der Waals surface area (Å²) >= 11 is 0. The van der Waals surface area contributed by atoms with E-state index in [4.69, 9.17) is 5.73 Å². The molecule has 0 spiro atoms. The van der Waals surface area contributed by atoms with Crippen LogP contribution in [0, 0.1) is 20.8 Å². The standard InChI is InChI=1S/C19H25N3O2S/c1-13-12-14(2)19(22-10-6-7-11-22)15(3)18(13)21-25(23,24)17-9-5-4-8-16(17)20/h4-5,8-9,12,21H,6-7,10-11,20H2,1-3H3. The number of hydrogen-bond donors (Lipinski definition) is 2. The van der Waals surface area contributed by atoms with E-state index < -0.39 is 10.0 Å². The molecule has 0 unspecified atom stereocenters. The van der Waals surface area contributed by atoms with Crippen molar-refractivity contribution in [2.75, 3.05) is 28.4 Å². The van der Waals surface area contributed by atoms with E-state index in [1.165, 1.54) is 24.5 Å². The van der Waals surface area contributed by atoms with Crippen LogP contribution in [0.5, 0.6) is 0 Å². The van der Waals surface area contributed by atoms with Crippen LogP contribution in [0.15, 0.2) is 35.2 Å². The molecule has 1 heterocycles. The molecule has 134 valence electrons. The average Bonchev–Trinajstić information content (AvgIpc) is 3.05. The number of nitrogen functional groups attached to an aromatic ring is 1. The SMILES string of the molecule is Cc1cc(C)c(N2CCCC2)c(C)c1NS(=O)(=O)c1ccccc1N. The molecule has 2 aromatic rings. The van der Waals surface area contributed by atoms with Gasteiger partial charge in [0, 0.05) is 18.8 Å². The van der Waals surface area contributed by atoms with Gasteiger partial charge in [0.05, 0.1) is 11.4 Å². The topological polar surface area (TPSA) is 75.4 Å². The first-order chi connectivity index (χ1) is 11.8. The molecule has 1 saturated heterocycles. The van der Waals surface area contributed by atoms with Gasteiger partial charge in [0.15, 0.2) is 0 Å². The van der Waals surface area contributed by atoms with Crippen LogP contribution in [0.2, 0.25) is 0 Å². The second-order valence-corrected chi connectivity index (χ2v) is 8.35. The van der Waals surface area contributed by atoms with Crippen LogP contribution in [0.1, 0.15) is 29.5 Å². The monoisotopic (exact) mass is 359 g/mol. The van der Waals surface area contributed by atoms with E-state index in [1.807, 2.05) is 19.9 Å². The molecule has 2 aromatic carbocycles. The lowest BCUT2D eigenvalue weighted by molar-refractivity contribution is 0.601. The molecule has 0 aliphatic carbocycles. The minimum Gasteiger partial charge on any atom is -0.398 e. The number of nitrogens with two attached hydrogens (primary N) is 1. The Labute approximate surface area is 149 Å². The number of para-hydroxylation sites is 1. The first-order valence-corrected chi connectivity index (χ1v) is 10.0. The minimum absolute atomic E-state index is 0.108. The summed E-state index contributed by atoms with van der Waals surface area (Å²) in [5.74, 6) is 0. The molecule has 1 aliphatic rings. The number of benzene rings is 2. The van der Waals surface area contributed by atoms with Crippen molar-refractivity contribution in [3.63, 3.8) is 0 Å². The minimum atomic E-state index is -3.74. The summed E-state index contributed by atoms with van der Waals surface area (Å²) in [5.41, 5.74) is 11.0. The third kappa shape index (κ3) is 3.31. The molecule has 0 radical (unpaired) electrons. The Balaban J connectivity index is 2.06. The van der Waals surface area contributed by atoms with E-state index >= 15 is 0 Å². The highest BCUT2D eigenvalue weighted by atomic mass is 32.2. The highest BCUT2D eigenvalue weighted by Gasteiger charge is 2.23. The van der Waals surface area contributed by atoms with Crippen LogP contribution in [0.3, 0.4) is 0 Å². The lowest BCUT2D eigenvalue weighted by Gasteiger charge is -2.26. The maximum absolute atomic E-state index is 12.8. The molecular formula is C19H25N3O2S. The van der Waals surface area contributed by atoms with E-state index in [9.17, 15) is 8.42 Å². The van der Waals surface area contributed by atoms with Crippen LogP contribution in [-0.2, 0) is 10.0 Å². The van der Waals surface area contributed by atoms with Crippen molar-refractivity contribution in [1.29, 1.82) is 0 Å². The Morgan fingerprint density at radius 1 is 1.04 bits per heavy atom. The summed E-state index contributed by atoms with van der Waals surface area (Å²) in [6, 6.07) is 8.57. The number of nitrogens with one attached hydrogen (secondary N) is 1. The number of hydrogen-bond acceptors (Lipinski definition) is 4. The second-order valence-electron chi connectivity index (χ2n) is 6.70. The van der Waals surface area contributed by atoms with Gasteiger partial charge >= 0.3 is 0 Å². The van der Waals surface area contributed by atoms with E-state index in [-0.39, 0.29) is 10.6 Å². The highest BCUT2D eigenvalue weighted by Crippen LogP contribution is 2.36. The lowest BCUT2D eigenvalue weighted by Crippen LogP contribution is -2.22. The van der Waals surface area contributed by atoms with Crippen LogP contribution in [0.4, 0.5) is 17.1 Å². The van der Waals surface area contributed by atoms with E-state index in [0.29, 0.717) is 5.69 Å². The molecule has 5 nitrogen and oxygen atoms in total. The van der Waals surface area contributed by atoms with Crippen LogP contribution >= 0.6 is 0 Å². The van der Waals surface area contributed by atoms with Crippen LogP contribution in [0.25, 0.3) is 0 Å². The van der Waals surface area contributed by atoms with Crippen molar-refractivity contribution in [2.24, 2.45) is 0 Å². The maximum Gasteiger partial charge on any atom is 0.263 e. The third-order valence-electron chi connectivity index (χ3n) is 4.80. The highest BCUT2D eigenvalue weighted by molar-refractivity contribution is 7.92. The molecule has 3 rings (SSSR count). The molecule has 0 amide bonds. The quantitative estimate of drug-likeness (QED) is 0.818. The van der Waals surface area contributed by atoms with Crippen molar-refractivity contribution in [3.05, 3.63) is 47.0 Å². The molecule has 1 aliphatic heterocycles. The maximum atomic E-state index is 12.8. The molecule has 0 atom stereocenters. The Morgan fingerprint density at radius 2 is 1.68 bits per heavy atom. The van der Waals surface area contributed by atoms with Gasteiger partial charge in [-0.15, -0.1) is 0 Å². The van der Waals surface area contributed by atoms with Gasteiger partial charge in [0.25, 0.3) is 10.0 Å². The van der Waals surface area contributed by atoms with E-state index in [0.717, 1.165) is 29.9 Å². The summed E-state index contributed by atoms with van der Waals surface area (Å²) < 4.78 is 28.4. The molecule has 6 heteroatoms. The zero-order chi connectivity index (χ0) is 18.2. The molecular weight excluding hydrogens is 334 g/mol. The van der Waals surface area contributed by atoms with E-state index in [2.05, 4.69) is 16.5 Å². The summed E-state index contributed by atoms with van der Waals surface area (Å²) in [6.07, 6.45) is 2.35. The molecule has 3 N–H and O–H groups in total. The Bertz CT molecular complexity index is 901. The summed E-state index contributed by atoms with van der Waals surface area (Å²) in [6.45, 7) is 8.03. The number of sulfonamides is 1. The van der Waals surface area contributed by atoms with Gasteiger partial charge in [-0.3, -0.25) is 4.72 Å². The number of aryl methyl sites for hydroxylation is 2. The third-order valence-corrected chi connectivity index (χ3v) is 6.22. The molecule has 0 aromatic heterocycles. The van der Waals surface area contributed by atoms with Gasteiger partial charge in [0.1, 0.15) is 4.90 Å². The summed E-state index contributed by atoms with van der Waals surface area (Å²) in [4.78, 5) is 2.45. The van der Waals surface area contributed by atoms with Crippen molar-refractivity contribution >= 4 is 27.1 Å². The van der Waals surface area contributed by atoms with Crippen molar-refractivity contribution < 1.29 is 8.42 Å². The van der Waals surface area contributed by atoms with Crippen LogP contribution in [-0.4, -0.2) is 21.5 Å². The number of nitrogens with zero attached hydrogens (tertiary/aromatic N) is 1. The largest absolute Gasteiger partial charge is 0.398 e. The van der Waals surface area contributed by atoms with Crippen molar-refractivity contribution in [2.45, 2.75) is 38.5 Å². The van der Waals surface area contributed by atoms with Gasteiger partial charge < -0.3 is 10.6 Å². The summed E-state index contributed by atoms with van der Waals surface area (Å²) in [7, 11) is -3.74. The zero-order valence-electron chi connectivity index (χ0n) is 15.0. The van der Waals surface area contributed by atoms with Crippen molar-refractivity contribution in [1.82, 2.24) is 0 Å². The lowest BCUT2D eigenvalue weighted by atomic mass is 10.0. The fourth-order valence-corrected chi connectivity index (χ4v) is 5.00. The molecule has 1 fully saturated rings. The average molecular weight is 359 g/mol. The van der Waals surface area contributed by atoms with Gasteiger partial charge in [0.2, 0.25) is 0 Å². The first kappa shape index (κ1) is 17.6. The van der Waals surface area contributed by atoms with Crippen LogP contribution < -0.4 is 15.4 Å². The predicted molar refractivity (Wildman–Crippen MR) is 104 cm³/mol. The van der Waals surface area contributed by atoms with E-state index in [1.54, 1.807) is 18.2 Å².